The van der Waals surface area contributed by atoms with E-state index < -0.39 is 12.2 Å². The SMILES string of the molecule is CC(C)C1=C2[C@H]3CC=C(CO)[C@@H](O)[C@H](O)[C@]3(C)CC[C@@]2(C)C=C1. The molecule has 5 atom stereocenters. The number of aliphatic hydroxyl groups is 3. The molecule has 0 heterocycles. The van der Waals surface area contributed by atoms with Gasteiger partial charge in [-0.15, -0.1) is 0 Å². The molecule has 0 amide bonds. The van der Waals surface area contributed by atoms with Gasteiger partial charge in [0.2, 0.25) is 0 Å². The molecule has 128 valence electrons. The molecule has 3 N–H and O–H groups in total. The van der Waals surface area contributed by atoms with Gasteiger partial charge in [-0.25, -0.2) is 0 Å². The smallest absolute Gasteiger partial charge is 0.104 e. The third kappa shape index (κ3) is 2.36. The molecule has 0 spiro atoms. The van der Waals surface area contributed by atoms with E-state index >= 15 is 0 Å². The predicted molar refractivity (Wildman–Crippen MR) is 91.7 cm³/mol. The summed E-state index contributed by atoms with van der Waals surface area (Å²) in [6.07, 6.45) is 7.44. The van der Waals surface area contributed by atoms with Crippen LogP contribution < -0.4 is 0 Å². The minimum Gasteiger partial charge on any atom is -0.392 e. The van der Waals surface area contributed by atoms with Crippen molar-refractivity contribution in [1.29, 1.82) is 0 Å². The normalized spacial score (nSPS) is 43.3. The Kier molecular flexibility index (Phi) is 4.11. The van der Waals surface area contributed by atoms with E-state index in [-0.39, 0.29) is 23.4 Å². The highest BCUT2D eigenvalue weighted by molar-refractivity contribution is 5.46. The Balaban J connectivity index is 2.12. The van der Waals surface area contributed by atoms with E-state index in [2.05, 4.69) is 39.8 Å². The quantitative estimate of drug-likeness (QED) is 0.686. The number of hydrogen-bond acceptors (Lipinski definition) is 3. The first-order chi connectivity index (χ1) is 10.7. The molecule has 0 bridgehead atoms. The van der Waals surface area contributed by atoms with Crippen LogP contribution in [-0.4, -0.2) is 34.1 Å². The first-order valence-electron chi connectivity index (χ1n) is 8.84. The highest BCUT2D eigenvalue weighted by Gasteiger charge is 2.54. The standard InChI is InChI=1S/C20H30O3/c1-12(2)14-7-8-19(3)9-10-20(4)15(16(14)19)6-5-13(11-21)17(22)18(20)23/h5,7-8,12,15,17-18,21-23H,6,9-11H2,1-4H3/t15-,17-,18+,19-,20-/m1/s1. The molecule has 0 saturated heterocycles. The van der Waals surface area contributed by atoms with E-state index in [1.165, 1.54) is 11.1 Å². The Morgan fingerprint density at radius 3 is 2.52 bits per heavy atom. The number of fused-ring (bicyclic) bond motifs is 3. The zero-order chi connectivity index (χ0) is 17.0. The van der Waals surface area contributed by atoms with Crippen molar-refractivity contribution in [3.8, 4) is 0 Å². The van der Waals surface area contributed by atoms with E-state index in [1.54, 1.807) is 0 Å². The van der Waals surface area contributed by atoms with Gasteiger partial charge in [0.1, 0.15) is 6.10 Å². The predicted octanol–water partition coefficient (Wildman–Crippen LogP) is 2.98. The average Bonchev–Trinajstić information content (AvgIpc) is 2.82. The summed E-state index contributed by atoms with van der Waals surface area (Å²) in [7, 11) is 0. The Bertz CT molecular complexity index is 586. The molecule has 0 aromatic rings. The van der Waals surface area contributed by atoms with Crippen LogP contribution in [0.3, 0.4) is 0 Å². The molecule has 0 aromatic heterocycles. The Labute approximate surface area is 139 Å². The molecular weight excluding hydrogens is 288 g/mol. The second-order valence-corrected chi connectivity index (χ2v) is 8.40. The largest absolute Gasteiger partial charge is 0.392 e. The molecule has 0 aliphatic heterocycles. The number of allylic oxidation sites excluding steroid dienone is 5. The van der Waals surface area contributed by atoms with Crippen molar-refractivity contribution in [2.24, 2.45) is 22.7 Å². The molecule has 1 fully saturated rings. The summed E-state index contributed by atoms with van der Waals surface area (Å²) >= 11 is 0. The third-order valence-corrected chi connectivity index (χ3v) is 6.66. The summed E-state index contributed by atoms with van der Waals surface area (Å²) in [4.78, 5) is 0. The van der Waals surface area contributed by atoms with Crippen LogP contribution in [0.4, 0.5) is 0 Å². The number of rotatable bonds is 2. The number of hydrogen-bond donors (Lipinski definition) is 3. The molecule has 1 saturated carbocycles. The minimum absolute atomic E-state index is 0.0754. The second-order valence-electron chi connectivity index (χ2n) is 8.40. The van der Waals surface area contributed by atoms with E-state index in [4.69, 9.17) is 0 Å². The lowest BCUT2D eigenvalue weighted by Gasteiger charge is -2.51. The van der Waals surface area contributed by atoms with Crippen molar-refractivity contribution in [2.45, 2.75) is 59.2 Å². The fraction of sp³-hybridized carbons (Fsp3) is 0.700. The van der Waals surface area contributed by atoms with Crippen molar-refractivity contribution in [3.05, 3.63) is 34.9 Å². The summed E-state index contributed by atoms with van der Waals surface area (Å²) in [5.41, 5.74) is 3.13. The number of aliphatic hydroxyl groups excluding tert-OH is 3. The summed E-state index contributed by atoms with van der Waals surface area (Å²) in [5, 5.41) is 30.9. The topological polar surface area (TPSA) is 60.7 Å². The maximum absolute atomic E-state index is 10.9. The Morgan fingerprint density at radius 2 is 1.91 bits per heavy atom. The van der Waals surface area contributed by atoms with Crippen molar-refractivity contribution < 1.29 is 15.3 Å². The fourth-order valence-electron chi connectivity index (χ4n) is 4.99. The fourth-order valence-corrected chi connectivity index (χ4v) is 4.99. The maximum atomic E-state index is 10.9. The molecule has 3 nitrogen and oxygen atoms in total. The monoisotopic (exact) mass is 318 g/mol. The van der Waals surface area contributed by atoms with Crippen molar-refractivity contribution in [1.82, 2.24) is 0 Å². The van der Waals surface area contributed by atoms with Crippen LogP contribution in [0.25, 0.3) is 0 Å². The molecule has 0 unspecified atom stereocenters. The Hall–Kier alpha value is -0.900. The molecule has 3 aliphatic rings. The van der Waals surface area contributed by atoms with Crippen molar-refractivity contribution in [2.75, 3.05) is 6.61 Å². The van der Waals surface area contributed by atoms with Crippen LogP contribution in [0, 0.1) is 22.7 Å². The summed E-state index contributed by atoms with van der Waals surface area (Å²) in [5.74, 6) is 0.666. The van der Waals surface area contributed by atoms with Gasteiger partial charge in [-0.1, -0.05) is 51.5 Å². The summed E-state index contributed by atoms with van der Waals surface area (Å²) in [6, 6.07) is 0. The zero-order valence-corrected chi connectivity index (χ0v) is 14.7. The van der Waals surface area contributed by atoms with Crippen LogP contribution in [0.5, 0.6) is 0 Å². The van der Waals surface area contributed by atoms with Gasteiger partial charge < -0.3 is 15.3 Å². The summed E-state index contributed by atoms with van der Waals surface area (Å²) in [6.45, 7) is 8.68. The molecule has 23 heavy (non-hydrogen) atoms. The lowest BCUT2D eigenvalue weighted by atomic mass is 9.54. The van der Waals surface area contributed by atoms with Crippen LogP contribution in [0.2, 0.25) is 0 Å². The van der Waals surface area contributed by atoms with Gasteiger partial charge in [0, 0.05) is 10.8 Å². The first-order valence-corrected chi connectivity index (χ1v) is 8.84. The van der Waals surface area contributed by atoms with Crippen LogP contribution in [-0.2, 0) is 0 Å². The molecule has 3 rings (SSSR count). The van der Waals surface area contributed by atoms with E-state index in [9.17, 15) is 15.3 Å². The average molecular weight is 318 g/mol. The van der Waals surface area contributed by atoms with Crippen LogP contribution >= 0.6 is 0 Å². The third-order valence-electron chi connectivity index (χ3n) is 6.66. The molecule has 0 aromatic carbocycles. The van der Waals surface area contributed by atoms with Gasteiger partial charge in [0.25, 0.3) is 0 Å². The summed E-state index contributed by atoms with van der Waals surface area (Å²) < 4.78 is 0. The highest BCUT2D eigenvalue weighted by Crippen LogP contribution is 2.60. The van der Waals surface area contributed by atoms with E-state index in [0.29, 0.717) is 11.5 Å². The van der Waals surface area contributed by atoms with Gasteiger partial charge in [-0.05, 0) is 42.2 Å². The van der Waals surface area contributed by atoms with Gasteiger partial charge in [0.15, 0.2) is 0 Å². The van der Waals surface area contributed by atoms with Crippen LogP contribution in [0.15, 0.2) is 34.9 Å². The van der Waals surface area contributed by atoms with E-state index in [0.717, 1.165) is 19.3 Å². The molecular formula is C20H30O3. The van der Waals surface area contributed by atoms with Gasteiger partial charge >= 0.3 is 0 Å². The first kappa shape index (κ1) is 16.9. The maximum Gasteiger partial charge on any atom is 0.104 e. The molecule has 3 heteroatoms. The molecule has 3 aliphatic carbocycles. The lowest BCUT2D eigenvalue weighted by molar-refractivity contribution is -0.0801. The van der Waals surface area contributed by atoms with Gasteiger partial charge in [-0.2, -0.15) is 0 Å². The lowest BCUT2D eigenvalue weighted by Crippen LogP contribution is -2.50. The van der Waals surface area contributed by atoms with Crippen LogP contribution in [0.1, 0.15) is 47.0 Å². The van der Waals surface area contributed by atoms with Gasteiger partial charge in [-0.3, -0.25) is 0 Å². The Morgan fingerprint density at radius 1 is 1.22 bits per heavy atom. The second kappa shape index (κ2) is 5.58. The molecule has 0 radical (unpaired) electrons. The zero-order valence-electron chi connectivity index (χ0n) is 14.7. The van der Waals surface area contributed by atoms with Crippen molar-refractivity contribution >= 4 is 0 Å². The minimum atomic E-state index is -0.961. The van der Waals surface area contributed by atoms with E-state index in [1.807, 2.05) is 6.08 Å². The van der Waals surface area contributed by atoms with Gasteiger partial charge in [0.05, 0.1) is 12.7 Å². The van der Waals surface area contributed by atoms with Crippen molar-refractivity contribution in [3.63, 3.8) is 0 Å². The highest BCUT2D eigenvalue weighted by atomic mass is 16.3.